The van der Waals surface area contributed by atoms with Crippen molar-refractivity contribution in [1.29, 1.82) is 0 Å². The predicted octanol–water partition coefficient (Wildman–Crippen LogP) is 3.64. The quantitative estimate of drug-likeness (QED) is 0.819. The minimum absolute atomic E-state index is 0.0131. The lowest BCUT2D eigenvalue weighted by atomic mass is 10.1. The molecule has 1 unspecified atom stereocenters. The van der Waals surface area contributed by atoms with Crippen LogP contribution in [0.25, 0.3) is 0 Å². The van der Waals surface area contributed by atoms with E-state index in [0.717, 1.165) is 39.0 Å². The number of hydrogen-bond donors (Lipinski definition) is 0. The van der Waals surface area contributed by atoms with Gasteiger partial charge < -0.3 is 14.4 Å². The molecular weight excluding hydrogens is 325 g/mol. The van der Waals surface area contributed by atoms with Gasteiger partial charge in [0.2, 0.25) is 0 Å². The SMILES string of the molecule is COc1c(Cl)cc(C(=O)N(CC2CCOC2)C2CC2)cc1Cl. The standard InChI is InChI=1S/C16H19Cl2NO3/c1-21-15-13(17)6-11(7-14(15)18)16(20)19(12-2-3-12)8-10-4-5-22-9-10/h6-7,10,12H,2-5,8-9H2,1H3. The molecule has 1 heterocycles. The molecule has 0 bridgehead atoms. The van der Waals surface area contributed by atoms with Crippen molar-refractivity contribution in [2.45, 2.75) is 25.3 Å². The number of carbonyl (C=O) groups is 1. The summed E-state index contributed by atoms with van der Waals surface area (Å²) in [6.07, 6.45) is 3.15. The van der Waals surface area contributed by atoms with Crippen LogP contribution in [0.3, 0.4) is 0 Å². The number of amides is 1. The smallest absolute Gasteiger partial charge is 0.254 e. The summed E-state index contributed by atoms with van der Waals surface area (Å²) in [5.41, 5.74) is 0.515. The Balaban J connectivity index is 1.80. The van der Waals surface area contributed by atoms with Crippen LogP contribution in [0.1, 0.15) is 29.6 Å². The highest BCUT2D eigenvalue weighted by molar-refractivity contribution is 6.37. The van der Waals surface area contributed by atoms with Gasteiger partial charge in [-0.05, 0) is 31.4 Å². The zero-order valence-electron chi connectivity index (χ0n) is 12.5. The predicted molar refractivity (Wildman–Crippen MR) is 86.0 cm³/mol. The van der Waals surface area contributed by atoms with Crippen molar-refractivity contribution in [1.82, 2.24) is 4.90 Å². The van der Waals surface area contributed by atoms with Crippen LogP contribution in [0, 0.1) is 5.92 Å². The Morgan fingerprint density at radius 2 is 2.00 bits per heavy atom. The Hall–Kier alpha value is -0.970. The van der Waals surface area contributed by atoms with Crippen LogP contribution in [-0.4, -0.2) is 43.7 Å². The van der Waals surface area contributed by atoms with Crippen molar-refractivity contribution >= 4 is 29.1 Å². The minimum atomic E-state index is -0.0131. The summed E-state index contributed by atoms with van der Waals surface area (Å²) >= 11 is 12.3. The molecule has 0 radical (unpaired) electrons. The molecule has 2 aliphatic rings. The average molecular weight is 344 g/mol. The van der Waals surface area contributed by atoms with Crippen molar-refractivity contribution < 1.29 is 14.3 Å². The third-order valence-electron chi connectivity index (χ3n) is 4.18. The van der Waals surface area contributed by atoms with E-state index < -0.39 is 0 Å². The summed E-state index contributed by atoms with van der Waals surface area (Å²) in [4.78, 5) is 14.8. The Morgan fingerprint density at radius 3 is 2.50 bits per heavy atom. The van der Waals surface area contributed by atoms with Crippen LogP contribution >= 0.6 is 23.2 Å². The summed E-state index contributed by atoms with van der Waals surface area (Å²) in [6.45, 7) is 2.27. The maximum atomic E-state index is 12.8. The highest BCUT2D eigenvalue weighted by atomic mass is 35.5. The van der Waals surface area contributed by atoms with Gasteiger partial charge in [-0.3, -0.25) is 4.79 Å². The fourth-order valence-corrected chi connectivity index (χ4v) is 3.48. The molecule has 0 N–H and O–H groups in total. The monoisotopic (exact) mass is 343 g/mol. The topological polar surface area (TPSA) is 38.8 Å². The van der Waals surface area contributed by atoms with Gasteiger partial charge in [-0.2, -0.15) is 0 Å². The van der Waals surface area contributed by atoms with E-state index >= 15 is 0 Å². The van der Waals surface area contributed by atoms with E-state index in [1.165, 1.54) is 7.11 Å². The van der Waals surface area contributed by atoms with Crippen LogP contribution in [0.15, 0.2) is 12.1 Å². The lowest BCUT2D eigenvalue weighted by molar-refractivity contribution is 0.0706. The number of benzene rings is 1. The van der Waals surface area contributed by atoms with Crippen molar-refractivity contribution in [3.05, 3.63) is 27.7 Å². The molecule has 22 heavy (non-hydrogen) atoms. The van der Waals surface area contributed by atoms with Crippen LogP contribution in [0.4, 0.5) is 0 Å². The summed E-state index contributed by atoms with van der Waals surface area (Å²) in [5, 5.41) is 0.719. The molecule has 1 aromatic carbocycles. The van der Waals surface area contributed by atoms with Crippen LogP contribution < -0.4 is 4.74 Å². The number of methoxy groups -OCH3 is 1. The molecule has 2 fully saturated rings. The van der Waals surface area contributed by atoms with Gasteiger partial charge in [-0.15, -0.1) is 0 Å². The molecule has 1 atom stereocenters. The van der Waals surface area contributed by atoms with Gasteiger partial charge >= 0.3 is 0 Å². The van der Waals surface area contributed by atoms with E-state index in [1.807, 2.05) is 4.90 Å². The van der Waals surface area contributed by atoms with E-state index in [-0.39, 0.29) is 5.91 Å². The van der Waals surface area contributed by atoms with Gasteiger partial charge in [-0.25, -0.2) is 0 Å². The van der Waals surface area contributed by atoms with Crippen LogP contribution in [0.5, 0.6) is 5.75 Å². The zero-order valence-corrected chi connectivity index (χ0v) is 14.0. The normalized spacial score (nSPS) is 21.0. The molecule has 3 rings (SSSR count). The zero-order chi connectivity index (χ0) is 15.7. The molecule has 1 aromatic rings. The first-order chi connectivity index (χ1) is 10.6. The average Bonchev–Trinajstić information content (AvgIpc) is 3.20. The number of ether oxygens (including phenoxy) is 2. The van der Waals surface area contributed by atoms with Gasteiger partial charge in [0.25, 0.3) is 5.91 Å². The number of hydrogen-bond acceptors (Lipinski definition) is 3. The van der Waals surface area contributed by atoms with Gasteiger partial charge in [-0.1, -0.05) is 23.2 Å². The van der Waals surface area contributed by atoms with E-state index in [9.17, 15) is 4.79 Å². The summed E-state index contributed by atoms with van der Waals surface area (Å²) < 4.78 is 10.5. The molecule has 6 heteroatoms. The van der Waals surface area contributed by atoms with E-state index in [1.54, 1.807) is 12.1 Å². The molecule has 1 saturated heterocycles. The molecule has 120 valence electrons. The first-order valence-corrected chi connectivity index (χ1v) is 8.27. The Bertz CT molecular complexity index is 546. The second kappa shape index (κ2) is 6.65. The first kappa shape index (κ1) is 15.9. The van der Waals surface area contributed by atoms with E-state index in [2.05, 4.69) is 0 Å². The van der Waals surface area contributed by atoms with Gasteiger partial charge in [0.1, 0.15) is 0 Å². The number of halogens is 2. The fourth-order valence-electron chi connectivity index (χ4n) is 2.83. The summed E-state index contributed by atoms with van der Waals surface area (Å²) in [6, 6.07) is 3.61. The second-order valence-corrected chi connectivity index (χ2v) is 6.71. The Kier molecular flexibility index (Phi) is 4.81. The maximum absolute atomic E-state index is 12.8. The van der Waals surface area contributed by atoms with Gasteiger partial charge in [0.15, 0.2) is 5.75 Å². The van der Waals surface area contributed by atoms with E-state index in [0.29, 0.717) is 33.3 Å². The Morgan fingerprint density at radius 1 is 1.32 bits per heavy atom. The lowest BCUT2D eigenvalue weighted by Crippen LogP contribution is -2.37. The summed E-state index contributed by atoms with van der Waals surface area (Å²) in [7, 11) is 1.51. The van der Waals surface area contributed by atoms with Crippen molar-refractivity contribution in [3.63, 3.8) is 0 Å². The molecule has 1 amide bonds. The van der Waals surface area contributed by atoms with Gasteiger partial charge in [0, 0.05) is 30.7 Å². The largest absolute Gasteiger partial charge is 0.494 e. The highest BCUT2D eigenvalue weighted by Gasteiger charge is 2.35. The molecule has 1 aliphatic heterocycles. The lowest BCUT2D eigenvalue weighted by Gasteiger charge is -2.25. The van der Waals surface area contributed by atoms with Crippen molar-refractivity contribution in [2.75, 3.05) is 26.9 Å². The highest BCUT2D eigenvalue weighted by Crippen LogP contribution is 2.36. The first-order valence-electron chi connectivity index (χ1n) is 7.52. The minimum Gasteiger partial charge on any atom is -0.494 e. The second-order valence-electron chi connectivity index (χ2n) is 5.89. The van der Waals surface area contributed by atoms with E-state index in [4.69, 9.17) is 32.7 Å². The van der Waals surface area contributed by atoms with Crippen LogP contribution in [-0.2, 0) is 4.74 Å². The van der Waals surface area contributed by atoms with Crippen LogP contribution in [0.2, 0.25) is 10.0 Å². The van der Waals surface area contributed by atoms with Gasteiger partial charge in [0.05, 0.1) is 23.8 Å². The molecule has 0 aromatic heterocycles. The third kappa shape index (κ3) is 3.34. The molecular formula is C16H19Cl2NO3. The fraction of sp³-hybridized carbons (Fsp3) is 0.562. The Labute approximate surface area is 140 Å². The van der Waals surface area contributed by atoms with Crippen molar-refractivity contribution in [2.24, 2.45) is 5.92 Å². The summed E-state index contributed by atoms with van der Waals surface area (Å²) in [5.74, 6) is 0.816. The molecule has 4 nitrogen and oxygen atoms in total. The molecule has 1 aliphatic carbocycles. The third-order valence-corrected chi connectivity index (χ3v) is 4.74. The number of rotatable bonds is 5. The number of nitrogens with zero attached hydrogens (tertiary/aromatic N) is 1. The molecule has 0 spiro atoms. The van der Waals surface area contributed by atoms with Crippen molar-refractivity contribution in [3.8, 4) is 5.75 Å². The maximum Gasteiger partial charge on any atom is 0.254 e. The molecule has 1 saturated carbocycles. The number of carbonyl (C=O) groups excluding carboxylic acids is 1.